The molecule has 1 rings (SSSR count). The van der Waals surface area contributed by atoms with Crippen LogP contribution in [0, 0.1) is 5.92 Å². The van der Waals surface area contributed by atoms with Crippen LogP contribution < -0.4 is 10.9 Å². The molecule has 0 fully saturated rings. The zero-order valence-corrected chi connectivity index (χ0v) is 10.2. The number of nitrogens with zero attached hydrogens (tertiary/aromatic N) is 2. The van der Waals surface area contributed by atoms with Crippen LogP contribution in [0.3, 0.4) is 0 Å². The molecule has 0 aromatic carbocycles. The summed E-state index contributed by atoms with van der Waals surface area (Å²) >= 11 is 5.87. The smallest absolute Gasteiger partial charge is 0.287 e. The van der Waals surface area contributed by atoms with Crippen LogP contribution in [0.25, 0.3) is 0 Å². The summed E-state index contributed by atoms with van der Waals surface area (Å²) in [5.41, 5.74) is 0.219. The highest BCUT2D eigenvalue weighted by atomic mass is 35.5. The highest BCUT2D eigenvalue weighted by Gasteiger charge is 2.08. The van der Waals surface area contributed by atoms with Gasteiger partial charge in [-0.25, -0.2) is 4.68 Å². The molecule has 1 heterocycles. The number of rotatable bonds is 5. The van der Waals surface area contributed by atoms with Crippen molar-refractivity contribution < 1.29 is 5.11 Å². The Balaban J connectivity index is 2.68. The molecule has 5 nitrogen and oxygen atoms in total. The predicted molar refractivity (Wildman–Crippen MR) is 63.8 cm³/mol. The summed E-state index contributed by atoms with van der Waals surface area (Å²) < 4.78 is 1.19. The molecule has 0 radical (unpaired) electrons. The van der Waals surface area contributed by atoms with Crippen molar-refractivity contribution >= 4 is 17.3 Å². The average molecular weight is 246 g/mol. The molecular weight excluding hydrogens is 230 g/mol. The van der Waals surface area contributed by atoms with Crippen molar-refractivity contribution in [3.8, 4) is 0 Å². The van der Waals surface area contributed by atoms with E-state index in [1.807, 2.05) is 6.92 Å². The first-order valence-electron chi connectivity index (χ1n) is 5.12. The van der Waals surface area contributed by atoms with E-state index in [4.69, 9.17) is 16.7 Å². The molecule has 2 N–H and O–H groups in total. The number of anilines is 1. The Morgan fingerprint density at radius 2 is 2.38 bits per heavy atom. The van der Waals surface area contributed by atoms with Gasteiger partial charge in [0.15, 0.2) is 0 Å². The van der Waals surface area contributed by atoms with E-state index in [9.17, 15) is 4.79 Å². The highest BCUT2D eigenvalue weighted by Crippen LogP contribution is 2.15. The number of hydrogen-bond donors (Lipinski definition) is 2. The third-order valence-corrected chi connectivity index (χ3v) is 2.71. The van der Waals surface area contributed by atoms with E-state index in [0.717, 1.165) is 0 Å². The fourth-order valence-corrected chi connectivity index (χ4v) is 1.48. The third-order valence-electron chi connectivity index (χ3n) is 2.34. The van der Waals surface area contributed by atoms with E-state index in [-0.39, 0.29) is 17.2 Å². The third kappa shape index (κ3) is 3.21. The normalized spacial score (nSPS) is 12.5. The average Bonchev–Trinajstić information content (AvgIpc) is 2.25. The summed E-state index contributed by atoms with van der Waals surface area (Å²) in [7, 11) is 1.55. The summed E-state index contributed by atoms with van der Waals surface area (Å²) in [6, 6.07) is 0. The molecule has 0 aliphatic rings. The first-order valence-corrected chi connectivity index (χ1v) is 5.50. The van der Waals surface area contributed by atoms with Crippen molar-refractivity contribution in [2.24, 2.45) is 13.0 Å². The minimum absolute atomic E-state index is 0.147. The lowest BCUT2D eigenvalue weighted by molar-refractivity contribution is 0.266. The largest absolute Gasteiger partial charge is 0.396 e. The summed E-state index contributed by atoms with van der Waals surface area (Å²) in [5.74, 6) is 0.310. The fraction of sp³-hybridized carbons (Fsp3) is 0.600. The van der Waals surface area contributed by atoms with Gasteiger partial charge in [-0.2, -0.15) is 5.10 Å². The van der Waals surface area contributed by atoms with Crippen molar-refractivity contribution in [3.05, 3.63) is 21.6 Å². The second kappa shape index (κ2) is 5.86. The van der Waals surface area contributed by atoms with Gasteiger partial charge in [-0.3, -0.25) is 4.79 Å². The Kier molecular flexibility index (Phi) is 4.76. The van der Waals surface area contributed by atoms with Gasteiger partial charge >= 0.3 is 0 Å². The zero-order valence-electron chi connectivity index (χ0n) is 9.40. The molecule has 1 atom stereocenters. The number of nitrogens with one attached hydrogen (secondary N) is 1. The van der Waals surface area contributed by atoms with Gasteiger partial charge in [0, 0.05) is 20.2 Å². The minimum Gasteiger partial charge on any atom is -0.396 e. The zero-order chi connectivity index (χ0) is 12.1. The first kappa shape index (κ1) is 13.0. The minimum atomic E-state index is -0.318. The number of aliphatic hydroxyl groups is 1. The number of aryl methyl sites for hydroxylation is 1. The van der Waals surface area contributed by atoms with Crippen LogP contribution in [-0.4, -0.2) is 28.0 Å². The molecular formula is C10H16ClN3O2. The Bertz CT molecular complexity index is 406. The van der Waals surface area contributed by atoms with E-state index >= 15 is 0 Å². The molecule has 0 amide bonds. The molecule has 16 heavy (non-hydrogen) atoms. The van der Waals surface area contributed by atoms with Gasteiger partial charge in [-0.1, -0.05) is 18.5 Å². The molecule has 0 bridgehead atoms. The van der Waals surface area contributed by atoms with E-state index in [2.05, 4.69) is 10.4 Å². The van der Waals surface area contributed by atoms with Gasteiger partial charge in [-0.15, -0.1) is 0 Å². The standard InChI is InChI=1S/C10H16ClN3O2/c1-7(3-4-15)5-12-8-6-13-14(2)10(16)9(8)11/h6-7,12,15H,3-5H2,1-2H3. The van der Waals surface area contributed by atoms with E-state index < -0.39 is 0 Å². The number of aromatic nitrogens is 2. The Hall–Kier alpha value is -1.07. The van der Waals surface area contributed by atoms with Crippen LogP contribution in [0.4, 0.5) is 5.69 Å². The van der Waals surface area contributed by atoms with Gasteiger partial charge in [0.25, 0.3) is 5.56 Å². The SMILES string of the molecule is CC(CCO)CNc1cnn(C)c(=O)c1Cl. The molecule has 90 valence electrons. The maximum absolute atomic E-state index is 11.4. The molecule has 0 spiro atoms. The molecule has 1 unspecified atom stereocenters. The number of hydrogen-bond acceptors (Lipinski definition) is 4. The summed E-state index contributed by atoms with van der Waals surface area (Å²) in [6.07, 6.45) is 2.23. The maximum atomic E-state index is 11.4. The second-order valence-electron chi connectivity index (χ2n) is 3.80. The summed E-state index contributed by atoms with van der Waals surface area (Å²) in [6.45, 7) is 2.81. The summed E-state index contributed by atoms with van der Waals surface area (Å²) in [4.78, 5) is 11.4. The maximum Gasteiger partial charge on any atom is 0.287 e. The van der Waals surface area contributed by atoms with Crippen molar-refractivity contribution in [1.29, 1.82) is 0 Å². The number of halogens is 1. The Morgan fingerprint density at radius 1 is 1.69 bits per heavy atom. The molecule has 1 aromatic heterocycles. The molecule has 0 saturated heterocycles. The quantitative estimate of drug-likeness (QED) is 0.808. The van der Waals surface area contributed by atoms with Gasteiger partial charge < -0.3 is 10.4 Å². The second-order valence-corrected chi connectivity index (χ2v) is 4.18. The predicted octanol–water partition coefficient (Wildman–Crippen LogP) is 0.864. The van der Waals surface area contributed by atoms with Crippen LogP contribution in [0.15, 0.2) is 11.0 Å². The van der Waals surface area contributed by atoms with Crippen LogP contribution in [-0.2, 0) is 7.05 Å². The first-order chi connectivity index (χ1) is 7.56. The molecule has 6 heteroatoms. The van der Waals surface area contributed by atoms with E-state index in [0.29, 0.717) is 24.6 Å². The van der Waals surface area contributed by atoms with Gasteiger partial charge in [0.1, 0.15) is 5.02 Å². The van der Waals surface area contributed by atoms with Crippen molar-refractivity contribution in [1.82, 2.24) is 9.78 Å². The fourth-order valence-electron chi connectivity index (χ4n) is 1.24. The number of aliphatic hydroxyl groups excluding tert-OH is 1. The monoisotopic (exact) mass is 245 g/mol. The molecule has 0 aliphatic heterocycles. The molecule has 0 aliphatic carbocycles. The molecule has 0 saturated carbocycles. The van der Waals surface area contributed by atoms with Crippen LogP contribution >= 0.6 is 11.6 Å². The van der Waals surface area contributed by atoms with Crippen molar-refractivity contribution in [2.75, 3.05) is 18.5 Å². The van der Waals surface area contributed by atoms with Crippen LogP contribution in [0.5, 0.6) is 0 Å². The Labute approximate surface area is 99.0 Å². The van der Waals surface area contributed by atoms with Crippen LogP contribution in [0.1, 0.15) is 13.3 Å². The lowest BCUT2D eigenvalue weighted by atomic mass is 10.1. The van der Waals surface area contributed by atoms with Crippen molar-refractivity contribution in [3.63, 3.8) is 0 Å². The van der Waals surface area contributed by atoms with Gasteiger partial charge in [-0.05, 0) is 12.3 Å². The molecule has 1 aromatic rings. The van der Waals surface area contributed by atoms with E-state index in [1.165, 1.54) is 10.9 Å². The lowest BCUT2D eigenvalue weighted by Gasteiger charge is -2.12. The summed E-state index contributed by atoms with van der Waals surface area (Å²) in [5, 5.41) is 15.8. The van der Waals surface area contributed by atoms with Crippen molar-refractivity contribution in [2.45, 2.75) is 13.3 Å². The highest BCUT2D eigenvalue weighted by molar-refractivity contribution is 6.32. The van der Waals surface area contributed by atoms with E-state index in [1.54, 1.807) is 7.05 Å². The van der Waals surface area contributed by atoms with Crippen LogP contribution in [0.2, 0.25) is 5.02 Å². The van der Waals surface area contributed by atoms with Gasteiger partial charge in [0.2, 0.25) is 0 Å². The lowest BCUT2D eigenvalue weighted by Crippen LogP contribution is -2.22. The Morgan fingerprint density at radius 3 is 3.00 bits per heavy atom. The topological polar surface area (TPSA) is 67.2 Å². The van der Waals surface area contributed by atoms with Gasteiger partial charge in [0.05, 0.1) is 11.9 Å².